The van der Waals surface area contributed by atoms with Crippen molar-refractivity contribution in [2.24, 2.45) is 0 Å². The van der Waals surface area contributed by atoms with Gasteiger partial charge in [0.15, 0.2) is 0 Å². The van der Waals surface area contributed by atoms with E-state index in [4.69, 9.17) is 5.26 Å². The molecule has 88 valence electrons. The maximum absolute atomic E-state index is 11.9. The lowest BCUT2D eigenvalue weighted by molar-refractivity contribution is -0.129. The fraction of sp³-hybridized carbons (Fsp3) is 0.455. The molecule has 1 heterocycles. The van der Waals surface area contributed by atoms with Crippen molar-refractivity contribution in [2.45, 2.75) is 25.8 Å². The smallest absolute Gasteiger partial charge is 0.252 e. The largest absolute Gasteiger partial charge is 0.318 e. The normalized spacial score (nSPS) is 14.2. The minimum Gasteiger partial charge on any atom is -0.318 e. The molecule has 1 amide bonds. The molecule has 0 radical (unpaired) electrons. The Morgan fingerprint density at radius 3 is 3.12 bits per heavy atom. The Kier molecular flexibility index (Phi) is 3.19. The molecule has 0 aliphatic heterocycles. The van der Waals surface area contributed by atoms with Gasteiger partial charge in [-0.15, -0.1) is 5.10 Å². The number of hydrogen-bond donors (Lipinski definition) is 0. The van der Waals surface area contributed by atoms with Gasteiger partial charge in [0, 0.05) is 12.7 Å². The molecule has 0 saturated heterocycles. The summed E-state index contributed by atoms with van der Waals surface area (Å²) in [6, 6.07) is 1.83. The summed E-state index contributed by atoms with van der Waals surface area (Å²) in [4.78, 5) is 17.3. The van der Waals surface area contributed by atoms with Crippen molar-refractivity contribution < 1.29 is 4.79 Å². The minimum atomic E-state index is -0.0486. The third-order valence-electron chi connectivity index (χ3n) is 2.76. The third kappa shape index (κ3) is 2.50. The second-order valence-corrected chi connectivity index (χ2v) is 3.92. The molecule has 1 aliphatic carbocycles. The Balaban J connectivity index is 1.99. The summed E-state index contributed by atoms with van der Waals surface area (Å²) in [5.41, 5.74) is 1.07. The lowest BCUT2D eigenvalue weighted by Crippen LogP contribution is -2.29. The number of nitriles is 1. The van der Waals surface area contributed by atoms with Crippen LogP contribution in [-0.2, 0) is 11.3 Å². The fourth-order valence-electron chi connectivity index (χ4n) is 1.79. The van der Waals surface area contributed by atoms with Gasteiger partial charge in [-0.25, -0.2) is 9.67 Å². The number of amides is 1. The van der Waals surface area contributed by atoms with E-state index in [1.165, 1.54) is 11.0 Å². The molecule has 1 aromatic heterocycles. The Hall–Kier alpha value is -2.16. The second-order valence-electron chi connectivity index (χ2n) is 3.92. The standard InChI is InChI=1S/C11H13N5O/c1-15(9-4-2-3-5-9)11(17)7-16-8-13-10(6-12)14-16/h4,8H,2-3,5,7H2,1H3. The highest BCUT2D eigenvalue weighted by Gasteiger charge is 2.16. The molecule has 0 fully saturated rings. The van der Waals surface area contributed by atoms with Crippen LogP contribution in [0.2, 0.25) is 0 Å². The maximum atomic E-state index is 11.9. The zero-order chi connectivity index (χ0) is 12.3. The molecule has 6 nitrogen and oxygen atoms in total. The van der Waals surface area contributed by atoms with Crippen LogP contribution in [0.1, 0.15) is 25.1 Å². The van der Waals surface area contributed by atoms with Crippen LogP contribution >= 0.6 is 0 Å². The molecule has 0 N–H and O–H groups in total. The van der Waals surface area contributed by atoms with Gasteiger partial charge in [0.1, 0.15) is 18.9 Å². The van der Waals surface area contributed by atoms with Gasteiger partial charge < -0.3 is 4.90 Å². The number of aromatic nitrogens is 3. The van der Waals surface area contributed by atoms with Crippen LogP contribution in [0.3, 0.4) is 0 Å². The number of allylic oxidation sites excluding steroid dienone is 2. The van der Waals surface area contributed by atoms with E-state index in [0.29, 0.717) is 0 Å². The summed E-state index contributed by atoms with van der Waals surface area (Å²) in [5, 5.41) is 12.4. The van der Waals surface area contributed by atoms with Crippen molar-refractivity contribution >= 4 is 5.91 Å². The molecule has 0 atom stereocenters. The van der Waals surface area contributed by atoms with Crippen LogP contribution in [0.5, 0.6) is 0 Å². The van der Waals surface area contributed by atoms with Crippen molar-refractivity contribution in [2.75, 3.05) is 7.05 Å². The first-order valence-corrected chi connectivity index (χ1v) is 5.46. The number of rotatable bonds is 3. The van der Waals surface area contributed by atoms with Gasteiger partial charge >= 0.3 is 0 Å². The Morgan fingerprint density at radius 2 is 2.53 bits per heavy atom. The number of carbonyl (C=O) groups is 1. The zero-order valence-electron chi connectivity index (χ0n) is 9.63. The Bertz CT molecular complexity index is 496. The van der Waals surface area contributed by atoms with E-state index < -0.39 is 0 Å². The highest BCUT2D eigenvalue weighted by Crippen LogP contribution is 2.20. The summed E-state index contributed by atoms with van der Waals surface area (Å²) in [5.74, 6) is 0.0353. The van der Waals surface area contributed by atoms with E-state index in [2.05, 4.69) is 16.2 Å². The van der Waals surface area contributed by atoms with E-state index in [-0.39, 0.29) is 18.3 Å². The first-order chi connectivity index (χ1) is 8.20. The van der Waals surface area contributed by atoms with Crippen molar-refractivity contribution in [1.29, 1.82) is 5.26 Å². The Morgan fingerprint density at radius 1 is 1.71 bits per heavy atom. The van der Waals surface area contributed by atoms with Crippen molar-refractivity contribution in [3.63, 3.8) is 0 Å². The van der Waals surface area contributed by atoms with Crippen molar-refractivity contribution in [3.05, 3.63) is 23.9 Å². The summed E-state index contributed by atoms with van der Waals surface area (Å²) in [6.45, 7) is 0.114. The topological polar surface area (TPSA) is 74.8 Å². The number of hydrogen-bond acceptors (Lipinski definition) is 4. The van der Waals surface area contributed by atoms with E-state index in [1.807, 2.05) is 6.07 Å². The summed E-state index contributed by atoms with van der Waals surface area (Å²) in [6.07, 6.45) is 6.57. The van der Waals surface area contributed by atoms with Crippen LogP contribution in [0.4, 0.5) is 0 Å². The van der Waals surface area contributed by atoms with Crippen LogP contribution < -0.4 is 0 Å². The number of carbonyl (C=O) groups excluding carboxylic acids is 1. The molecule has 0 aromatic carbocycles. The van der Waals surface area contributed by atoms with E-state index in [0.717, 1.165) is 25.0 Å². The molecule has 0 unspecified atom stereocenters. The minimum absolute atomic E-state index is 0.0486. The first-order valence-electron chi connectivity index (χ1n) is 5.46. The average molecular weight is 231 g/mol. The van der Waals surface area contributed by atoms with Gasteiger partial charge in [-0.1, -0.05) is 6.08 Å². The third-order valence-corrected chi connectivity index (χ3v) is 2.76. The van der Waals surface area contributed by atoms with Crippen LogP contribution in [0, 0.1) is 11.3 Å². The molecule has 1 aromatic rings. The van der Waals surface area contributed by atoms with Gasteiger partial charge in [0.2, 0.25) is 5.91 Å². The van der Waals surface area contributed by atoms with Gasteiger partial charge in [-0.05, 0) is 19.3 Å². The maximum Gasteiger partial charge on any atom is 0.252 e. The van der Waals surface area contributed by atoms with Gasteiger partial charge in [-0.3, -0.25) is 4.79 Å². The lowest BCUT2D eigenvalue weighted by atomic mass is 10.3. The predicted octanol–water partition coefficient (Wildman–Crippen LogP) is 0.676. The SMILES string of the molecule is CN(C(=O)Cn1cnc(C#N)n1)C1=CCCC1. The highest BCUT2D eigenvalue weighted by atomic mass is 16.2. The summed E-state index contributed by atoms with van der Waals surface area (Å²) in [7, 11) is 1.77. The Labute approximate surface area is 99.2 Å². The molecule has 0 bridgehead atoms. The average Bonchev–Trinajstić information content (AvgIpc) is 2.98. The number of nitrogens with zero attached hydrogens (tertiary/aromatic N) is 5. The molecule has 0 spiro atoms. The van der Waals surface area contributed by atoms with E-state index >= 15 is 0 Å². The van der Waals surface area contributed by atoms with Crippen LogP contribution in [0.25, 0.3) is 0 Å². The quantitative estimate of drug-likeness (QED) is 0.766. The van der Waals surface area contributed by atoms with Crippen molar-refractivity contribution in [1.82, 2.24) is 19.7 Å². The van der Waals surface area contributed by atoms with Crippen LogP contribution in [-0.4, -0.2) is 32.6 Å². The first kappa shape index (κ1) is 11.3. The second kappa shape index (κ2) is 4.78. The summed E-state index contributed by atoms with van der Waals surface area (Å²) >= 11 is 0. The molecular formula is C11H13N5O. The molecule has 0 saturated carbocycles. The fourth-order valence-corrected chi connectivity index (χ4v) is 1.79. The molecule has 1 aliphatic rings. The van der Waals surface area contributed by atoms with Gasteiger partial charge in [-0.2, -0.15) is 5.26 Å². The van der Waals surface area contributed by atoms with Gasteiger partial charge in [0.05, 0.1) is 0 Å². The van der Waals surface area contributed by atoms with Gasteiger partial charge in [0.25, 0.3) is 5.82 Å². The molecule has 6 heteroatoms. The predicted molar refractivity (Wildman–Crippen MR) is 59.4 cm³/mol. The number of likely N-dealkylation sites (N-methyl/N-ethyl adjacent to an activating group) is 1. The van der Waals surface area contributed by atoms with Crippen molar-refractivity contribution in [3.8, 4) is 6.07 Å². The van der Waals surface area contributed by atoms with E-state index in [9.17, 15) is 4.79 Å². The monoisotopic (exact) mass is 231 g/mol. The lowest BCUT2D eigenvalue weighted by Gasteiger charge is -2.18. The summed E-state index contributed by atoms with van der Waals surface area (Å²) < 4.78 is 1.38. The van der Waals surface area contributed by atoms with E-state index in [1.54, 1.807) is 11.9 Å². The van der Waals surface area contributed by atoms with Crippen LogP contribution in [0.15, 0.2) is 18.1 Å². The molecule has 17 heavy (non-hydrogen) atoms. The molecular weight excluding hydrogens is 218 g/mol. The highest BCUT2D eigenvalue weighted by molar-refractivity contribution is 5.77. The zero-order valence-corrected chi connectivity index (χ0v) is 9.63. The molecule has 2 rings (SSSR count).